The van der Waals surface area contributed by atoms with Crippen LogP contribution in [-0.4, -0.2) is 40.8 Å². The zero-order chi connectivity index (χ0) is 18.8. The Morgan fingerprint density at radius 3 is 2.42 bits per heavy atom. The number of nitrogens with zero attached hydrogens (tertiary/aromatic N) is 3. The SMILES string of the molecule is N#CC1(NC=O)CC1.O=C(N1CCCC1)C1(c2ncc(Cl)cc2F)CC1. The van der Waals surface area contributed by atoms with Crippen molar-refractivity contribution < 1.29 is 14.0 Å². The molecule has 4 rings (SSSR count). The molecule has 1 N–H and O–H groups in total. The van der Waals surface area contributed by atoms with Crippen molar-refractivity contribution in [3.63, 3.8) is 0 Å². The maximum absolute atomic E-state index is 13.9. The Morgan fingerprint density at radius 1 is 1.35 bits per heavy atom. The van der Waals surface area contributed by atoms with Gasteiger partial charge in [0.25, 0.3) is 0 Å². The maximum atomic E-state index is 13.9. The second-order valence-corrected chi connectivity index (χ2v) is 7.46. The number of amides is 2. The highest BCUT2D eigenvalue weighted by atomic mass is 35.5. The minimum Gasteiger partial charge on any atom is -0.342 e. The fourth-order valence-corrected chi connectivity index (χ4v) is 3.34. The van der Waals surface area contributed by atoms with Crippen LogP contribution in [0.15, 0.2) is 12.3 Å². The molecule has 1 aromatic rings. The van der Waals surface area contributed by atoms with Gasteiger partial charge in [0.2, 0.25) is 12.3 Å². The number of rotatable bonds is 4. The van der Waals surface area contributed by atoms with Gasteiger partial charge in [-0.2, -0.15) is 5.26 Å². The number of hydrogen-bond donors (Lipinski definition) is 1. The van der Waals surface area contributed by atoms with Crippen molar-refractivity contribution in [2.24, 2.45) is 0 Å². The van der Waals surface area contributed by atoms with Crippen LogP contribution in [0, 0.1) is 17.1 Å². The number of hydrogen-bond acceptors (Lipinski definition) is 4. The average Bonchev–Trinajstić information content (AvgIpc) is 3.53. The molecule has 1 aromatic heterocycles. The molecule has 3 fully saturated rings. The van der Waals surface area contributed by atoms with E-state index in [0.29, 0.717) is 19.3 Å². The van der Waals surface area contributed by atoms with E-state index in [2.05, 4.69) is 10.3 Å². The van der Waals surface area contributed by atoms with Gasteiger partial charge in [-0.3, -0.25) is 14.6 Å². The molecule has 0 unspecified atom stereocenters. The van der Waals surface area contributed by atoms with E-state index in [9.17, 15) is 14.0 Å². The minimum absolute atomic E-state index is 0.0359. The van der Waals surface area contributed by atoms with Crippen LogP contribution < -0.4 is 5.32 Å². The fraction of sp³-hybridized carbons (Fsp3) is 0.556. The summed E-state index contributed by atoms with van der Waals surface area (Å²) in [7, 11) is 0. The molecule has 26 heavy (non-hydrogen) atoms. The normalized spacial score (nSPS) is 21.0. The summed E-state index contributed by atoms with van der Waals surface area (Å²) in [4.78, 5) is 28.1. The van der Waals surface area contributed by atoms with Crippen molar-refractivity contribution in [1.29, 1.82) is 5.26 Å². The molecule has 2 aliphatic carbocycles. The van der Waals surface area contributed by atoms with Crippen molar-refractivity contribution in [1.82, 2.24) is 15.2 Å². The first-order valence-corrected chi connectivity index (χ1v) is 9.08. The smallest absolute Gasteiger partial charge is 0.234 e. The first-order valence-electron chi connectivity index (χ1n) is 8.70. The quantitative estimate of drug-likeness (QED) is 0.814. The standard InChI is InChI=1S/C13H14ClFN2O.C5H6N2O/c14-9-7-10(15)11(16-8-9)13(3-4-13)12(18)17-5-1-2-6-17;6-3-5(1-2-5)7-4-8/h7-8H,1-6H2;4H,1-2H2,(H,7,8). The van der Waals surface area contributed by atoms with Crippen LogP contribution in [0.25, 0.3) is 0 Å². The van der Waals surface area contributed by atoms with Crippen LogP contribution in [0.2, 0.25) is 5.02 Å². The number of nitriles is 1. The zero-order valence-corrected chi connectivity index (χ0v) is 15.1. The molecule has 2 saturated carbocycles. The van der Waals surface area contributed by atoms with Gasteiger partial charge in [-0.15, -0.1) is 0 Å². The molecule has 0 atom stereocenters. The molecule has 0 aromatic carbocycles. The largest absolute Gasteiger partial charge is 0.342 e. The summed E-state index contributed by atoms with van der Waals surface area (Å²) in [6, 6.07) is 3.25. The average molecular weight is 379 g/mol. The van der Waals surface area contributed by atoms with Crippen LogP contribution in [-0.2, 0) is 15.0 Å². The molecule has 1 aliphatic heterocycles. The van der Waals surface area contributed by atoms with E-state index in [-0.39, 0.29) is 16.6 Å². The number of halogens is 2. The van der Waals surface area contributed by atoms with Crippen molar-refractivity contribution in [2.45, 2.75) is 49.5 Å². The Bertz CT molecular complexity index is 750. The van der Waals surface area contributed by atoms with Gasteiger partial charge < -0.3 is 10.2 Å². The zero-order valence-electron chi connectivity index (χ0n) is 14.3. The lowest BCUT2D eigenvalue weighted by molar-refractivity contribution is -0.133. The van der Waals surface area contributed by atoms with E-state index in [1.165, 1.54) is 12.3 Å². The molecule has 8 heteroatoms. The predicted octanol–water partition coefficient (Wildman–Crippen LogP) is 2.32. The number of pyridine rings is 1. The summed E-state index contributed by atoms with van der Waals surface area (Å²) in [6.45, 7) is 1.57. The number of carbonyl (C=O) groups excluding carboxylic acids is 2. The molecule has 0 spiro atoms. The number of likely N-dealkylation sites (tertiary alicyclic amines) is 1. The first-order chi connectivity index (χ1) is 12.5. The van der Waals surface area contributed by atoms with Crippen molar-refractivity contribution in [3.05, 3.63) is 28.8 Å². The van der Waals surface area contributed by atoms with Crippen LogP contribution >= 0.6 is 11.6 Å². The third kappa shape index (κ3) is 3.65. The molecule has 2 heterocycles. The Balaban J connectivity index is 0.000000206. The molecular formula is C18H20ClFN4O2. The molecular weight excluding hydrogens is 359 g/mol. The maximum Gasteiger partial charge on any atom is 0.234 e. The lowest BCUT2D eigenvalue weighted by Gasteiger charge is -2.22. The highest BCUT2D eigenvalue weighted by molar-refractivity contribution is 6.30. The number of nitrogens with one attached hydrogen (secondary N) is 1. The van der Waals surface area contributed by atoms with Crippen molar-refractivity contribution in [2.75, 3.05) is 13.1 Å². The van der Waals surface area contributed by atoms with Crippen LogP contribution in [0.3, 0.4) is 0 Å². The van der Waals surface area contributed by atoms with Gasteiger partial charge in [0, 0.05) is 19.3 Å². The Morgan fingerprint density at radius 2 is 2.00 bits per heavy atom. The van der Waals surface area contributed by atoms with Gasteiger partial charge in [-0.25, -0.2) is 4.39 Å². The van der Waals surface area contributed by atoms with E-state index in [1.54, 1.807) is 0 Å². The van der Waals surface area contributed by atoms with Crippen molar-refractivity contribution >= 4 is 23.9 Å². The Hall–Kier alpha value is -2.20. The summed E-state index contributed by atoms with van der Waals surface area (Å²) < 4.78 is 13.9. The number of aromatic nitrogens is 1. The summed E-state index contributed by atoms with van der Waals surface area (Å²) in [6.07, 6.45) is 7.07. The first kappa shape index (κ1) is 18.6. The van der Waals surface area contributed by atoms with Crippen LogP contribution in [0.4, 0.5) is 4.39 Å². The van der Waals surface area contributed by atoms with Gasteiger partial charge >= 0.3 is 0 Å². The van der Waals surface area contributed by atoms with E-state index >= 15 is 0 Å². The van der Waals surface area contributed by atoms with E-state index < -0.39 is 16.8 Å². The van der Waals surface area contributed by atoms with Gasteiger partial charge in [0.15, 0.2) is 0 Å². The fourth-order valence-electron chi connectivity index (χ4n) is 3.19. The summed E-state index contributed by atoms with van der Waals surface area (Å²) in [5.41, 5.74) is -0.912. The van der Waals surface area contributed by atoms with Gasteiger partial charge in [-0.05, 0) is 44.6 Å². The third-order valence-electron chi connectivity index (χ3n) is 5.11. The monoisotopic (exact) mass is 378 g/mol. The molecule has 2 amide bonds. The molecule has 0 bridgehead atoms. The lowest BCUT2D eigenvalue weighted by atomic mass is 9.99. The Labute approximate surface area is 156 Å². The lowest BCUT2D eigenvalue weighted by Crippen LogP contribution is -2.38. The van der Waals surface area contributed by atoms with Crippen LogP contribution in [0.1, 0.15) is 44.2 Å². The summed E-state index contributed by atoms with van der Waals surface area (Å²) in [5, 5.41) is 11.0. The van der Waals surface area contributed by atoms with Gasteiger partial charge in [0.1, 0.15) is 11.4 Å². The highest BCUT2D eigenvalue weighted by Crippen LogP contribution is 2.50. The molecule has 3 aliphatic rings. The highest BCUT2D eigenvalue weighted by Gasteiger charge is 2.55. The van der Waals surface area contributed by atoms with Crippen molar-refractivity contribution in [3.8, 4) is 6.07 Å². The van der Waals surface area contributed by atoms with E-state index in [0.717, 1.165) is 38.8 Å². The molecule has 1 saturated heterocycles. The predicted molar refractivity (Wildman–Crippen MR) is 92.7 cm³/mol. The van der Waals surface area contributed by atoms with Gasteiger partial charge in [0.05, 0.1) is 22.2 Å². The van der Waals surface area contributed by atoms with Crippen LogP contribution in [0.5, 0.6) is 0 Å². The second kappa shape index (κ2) is 7.20. The molecule has 138 valence electrons. The Kier molecular flexibility index (Phi) is 5.15. The van der Waals surface area contributed by atoms with E-state index in [1.807, 2.05) is 11.0 Å². The summed E-state index contributed by atoms with van der Waals surface area (Å²) >= 11 is 5.70. The van der Waals surface area contributed by atoms with Gasteiger partial charge in [-0.1, -0.05) is 11.6 Å². The summed E-state index contributed by atoms with van der Waals surface area (Å²) in [5.74, 6) is -0.429. The second-order valence-electron chi connectivity index (χ2n) is 7.02. The van der Waals surface area contributed by atoms with E-state index in [4.69, 9.17) is 16.9 Å². The number of carbonyl (C=O) groups is 2. The topological polar surface area (TPSA) is 86.1 Å². The molecule has 6 nitrogen and oxygen atoms in total. The third-order valence-corrected chi connectivity index (χ3v) is 5.32. The minimum atomic E-state index is -0.709. The molecule has 0 radical (unpaired) electrons.